The highest BCUT2D eigenvalue weighted by Crippen LogP contribution is 2.28. The van der Waals surface area contributed by atoms with Crippen LogP contribution >= 0.6 is 11.6 Å². The molecule has 0 bridgehead atoms. The first-order valence-corrected chi connectivity index (χ1v) is 9.46. The Bertz CT molecular complexity index is 932. The van der Waals surface area contributed by atoms with E-state index in [4.69, 9.17) is 21.3 Å². The Morgan fingerprint density at radius 3 is 2.67 bits per heavy atom. The molecule has 0 saturated carbocycles. The zero-order chi connectivity index (χ0) is 19.4. The summed E-state index contributed by atoms with van der Waals surface area (Å²) in [7, 11) is 0. The molecule has 0 spiro atoms. The second kappa shape index (κ2) is 8.09. The summed E-state index contributed by atoms with van der Waals surface area (Å²) in [4.78, 5) is 21.3. The van der Waals surface area contributed by atoms with Crippen molar-refractivity contribution < 1.29 is 9.53 Å². The molecule has 0 aliphatic rings. The maximum Gasteiger partial charge on any atom is 0.306 e. The summed E-state index contributed by atoms with van der Waals surface area (Å²) < 4.78 is 7.24. The van der Waals surface area contributed by atoms with E-state index in [9.17, 15) is 4.79 Å². The van der Waals surface area contributed by atoms with Gasteiger partial charge in [0.25, 0.3) is 0 Å². The minimum Gasteiger partial charge on any atom is -0.466 e. The first-order chi connectivity index (χ1) is 12.9. The molecule has 0 saturated heterocycles. The fraction of sp³-hybridized carbons (Fsp3) is 0.381. The number of benzene rings is 1. The molecule has 1 aromatic carbocycles. The summed E-state index contributed by atoms with van der Waals surface area (Å²) in [6.07, 6.45) is 2.77. The highest BCUT2D eigenvalue weighted by molar-refractivity contribution is 6.30. The SMILES string of the molecule is CCOC(=O)CC(C)(C)Cc1nc2cccnc2n1Cc1ccc(Cl)cc1. The average molecular weight is 386 g/mol. The van der Waals surface area contributed by atoms with Crippen molar-refractivity contribution in [3.8, 4) is 0 Å². The summed E-state index contributed by atoms with van der Waals surface area (Å²) >= 11 is 6.01. The van der Waals surface area contributed by atoms with Crippen LogP contribution < -0.4 is 0 Å². The molecule has 0 fully saturated rings. The quantitative estimate of drug-likeness (QED) is 0.555. The van der Waals surface area contributed by atoms with Crippen LogP contribution in [0.3, 0.4) is 0 Å². The van der Waals surface area contributed by atoms with Crippen molar-refractivity contribution in [2.45, 2.75) is 40.2 Å². The van der Waals surface area contributed by atoms with Gasteiger partial charge < -0.3 is 9.30 Å². The minimum absolute atomic E-state index is 0.180. The molecule has 2 heterocycles. The number of hydrogen-bond acceptors (Lipinski definition) is 4. The maximum absolute atomic E-state index is 12.0. The summed E-state index contributed by atoms with van der Waals surface area (Å²) in [5.41, 5.74) is 2.54. The Morgan fingerprint density at radius 1 is 1.22 bits per heavy atom. The monoisotopic (exact) mass is 385 g/mol. The van der Waals surface area contributed by atoms with Gasteiger partial charge in [0.15, 0.2) is 5.65 Å². The molecule has 0 N–H and O–H groups in total. The average Bonchev–Trinajstić information content (AvgIpc) is 2.93. The van der Waals surface area contributed by atoms with E-state index in [-0.39, 0.29) is 11.4 Å². The van der Waals surface area contributed by atoms with Crippen LogP contribution in [0.4, 0.5) is 0 Å². The molecule has 0 atom stereocenters. The predicted molar refractivity (Wildman–Crippen MR) is 107 cm³/mol. The number of hydrogen-bond donors (Lipinski definition) is 0. The van der Waals surface area contributed by atoms with Crippen molar-refractivity contribution in [2.24, 2.45) is 5.41 Å². The van der Waals surface area contributed by atoms with Crippen molar-refractivity contribution in [1.29, 1.82) is 0 Å². The Labute approximate surface area is 164 Å². The van der Waals surface area contributed by atoms with E-state index in [0.29, 0.717) is 31.0 Å². The van der Waals surface area contributed by atoms with Gasteiger partial charge in [-0.15, -0.1) is 0 Å². The van der Waals surface area contributed by atoms with E-state index in [1.165, 1.54) is 0 Å². The largest absolute Gasteiger partial charge is 0.466 e. The van der Waals surface area contributed by atoms with Crippen molar-refractivity contribution in [1.82, 2.24) is 14.5 Å². The van der Waals surface area contributed by atoms with Crippen molar-refractivity contribution in [2.75, 3.05) is 6.61 Å². The van der Waals surface area contributed by atoms with Gasteiger partial charge in [0.2, 0.25) is 0 Å². The molecule has 6 heteroatoms. The third-order valence-electron chi connectivity index (χ3n) is 4.40. The lowest BCUT2D eigenvalue weighted by atomic mass is 9.85. The molecule has 0 amide bonds. The molecular weight excluding hydrogens is 362 g/mol. The number of halogens is 1. The highest BCUT2D eigenvalue weighted by atomic mass is 35.5. The van der Waals surface area contributed by atoms with Crippen LogP contribution in [0.5, 0.6) is 0 Å². The van der Waals surface area contributed by atoms with Gasteiger partial charge in [0.1, 0.15) is 11.3 Å². The normalized spacial score (nSPS) is 11.7. The van der Waals surface area contributed by atoms with E-state index in [1.54, 1.807) is 6.20 Å². The molecule has 2 aromatic heterocycles. The molecule has 142 valence electrons. The van der Waals surface area contributed by atoms with Crippen molar-refractivity contribution in [3.63, 3.8) is 0 Å². The highest BCUT2D eigenvalue weighted by Gasteiger charge is 2.26. The van der Waals surface area contributed by atoms with E-state index in [0.717, 1.165) is 22.6 Å². The molecule has 5 nitrogen and oxygen atoms in total. The molecule has 0 aliphatic carbocycles. The van der Waals surface area contributed by atoms with Crippen LogP contribution in [-0.4, -0.2) is 27.1 Å². The Morgan fingerprint density at radius 2 is 1.96 bits per heavy atom. The minimum atomic E-state index is -0.272. The first-order valence-electron chi connectivity index (χ1n) is 9.08. The van der Waals surface area contributed by atoms with Gasteiger partial charge in [-0.1, -0.05) is 37.6 Å². The van der Waals surface area contributed by atoms with Crippen LogP contribution in [0.25, 0.3) is 11.2 Å². The fourth-order valence-corrected chi connectivity index (χ4v) is 3.30. The molecule has 3 rings (SSSR count). The number of rotatable bonds is 7. The molecule has 0 radical (unpaired) electrons. The third kappa shape index (κ3) is 4.86. The van der Waals surface area contributed by atoms with E-state index < -0.39 is 0 Å². The lowest BCUT2D eigenvalue weighted by Gasteiger charge is -2.23. The van der Waals surface area contributed by atoms with E-state index in [1.807, 2.05) is 43.3 Å². The van der Waals surface area contributed by atoms with Crippen LogP contribution in [0.1, 0.15) is 38.6 Å². The lowest BCUT2D eigenvalue weighted by Crippen LogP contribution is -2.23. The standard InChI is InChI=1S/C21H24ClN3O2/c1-4-27-19(26)13-21(2,3)12-18-24-17-6-5-11-23-20(17)25(18)14-15-7-9-16(22)10-8-15/h5-11H,4,12-14H2,1-3H3. The number of nitrogens with zero attached hydrogens (tertiary/aromatic N) is 3. The number of fused-ring (bicyclic) bond motifs is 1. The number of ether oxygens (including phenoxy) is 1. The molecule has 0 aliphatic heterocycles. The summed E-state index contributed by atoms with van der Waals surface area (Å²) in [5, 5.41) is 0.711. The molecular formula is C21H24ClN3O2. The second-order valence-electron chi connectivity index (χ2n) is 7.41. The number of aromatic nitrogens is 3. The van der Waals surface area contributed by atoms with Gasteiger partial charge in [-0.05, 0) is 42.2 Å². The Hall–Kier alpha value is -2.40. The Kier molecular flexibility index (Phi) is 5.80. The van der Waals surface area contributed by atoms with Gasteiger partial charge in [-0.25, -0.2) is 9.97 Å². The van der Waals surface area contributed by atoms with Crippen molar-refractivity contribution >= 4 is 28.7 Å². The Balaban J connectivity index is 1.92. The first kappa shape index (κ1) is 19.4. The molecule has 0 unspecified atom stereocenters. The number of imidazole rings is 1. The van der Waals surface area contributed by atoms with E-state index in [2.05, 4.69) is 23.4 Å². The van der Waals surface area contributed by atoms with Gasteiger partial charge in [-0.3, -0.25) is 4.79 Å². The smallest absolute Gasteiger partial charge is 0.306 e. The molecule has 3 aromatic rings. The maximum atomic E-state index is 12.0. The number of esters is 1. The van der Waals surface area contributed by atoms with Crippen LogP contribution in [0.2, 0.25) is 5.02 Å². The van der Waals surface area contributed by atoms with Gasteiger partial charge >= 0.3 is 5.97 Å². The lowest BCUT2D eigenvalue weighted by molar-refractivity contribution is -0.145. The van der Waals surface area contributed by atoms with Crippen molar-refractivity contribution in [3.05, 3.63) is 59.0 Å². The fourth-order valence-electron chi connectivity index (χ4n) is 3.17. The van der Waals surface area contributed by atoms with Crippen LogP contribution in [0, 0.1) is 5.41 Å². The van der Waals surface area contributed by atoms with Crippen LogP contribution in [-0.2, 0) is 22.5 Å². The zero-order valence-corrected chi connectivity index (χ0v) is 16.7. The number of carbonyl (C=O) groups excluding carboxylic acids is 1. The third-order valence-corrected chi connectivity index (χ3v) is 4.65. The summed E-state index contributed by atoms with van der Waals surface area (Å²) in [6, 6.07) is 11.6. The zero-order valence-electron chi connectivity index (χ0n) is 15.9. The topological polar surface area (TPSA) is 57.0 Å². The summed E-state index contributed by atoms with van der Waals surface area (Å²) in [5.74, 6) is 0.730. The van der Waals surface area contributed by atoms with Gasteiger partial charge in [0.05, 0.1) is 19.6 Å². The van der Waals surface area contributed by atoms with Gasteiger partial charge in [0, 0.05) is 17.6 Å². The predicted octanol–water partition coefficient (Wildman–Crippen LogP) is 4.65. The van der Waals surface area contributed by atoms with Crippen LogP contribution in [0.15, 0.2) is 42.6 Å². The number of carbonyl (C=O) groups is 1. The van der Waals surface area contributed by atoms with E-state index >= 15 is 0 Å². The number of pyridine rings is 1. The molecule has 27 heavy (non-hydrogen) atoms. The second-order valence-corrected chi connectivity index (χ2v) is 7.85. The van der Waals surface area contributed by atoms with Gasteiger partial charge in [-0.2, -0.15) is 0 Å². The summed E-state index contributed by atoms with van der Waals surface area (Å²) in [6.45, 7) is 6.98.